The molecule has 0 aliphatic rings. The Morgan fingerprint density at radius 2 is 1.76 bits per heavy atom. The summed E-state index contributed by atoms with van der Waals surface area (Å²) in [6, 6.07) is 5.76. The van der Waals surface area contributed by atoms with Crippen molar-refractivity contribution >= 4 is 5.91 Å². The van der Waals surface area contributed by atoms with Gasteiger partial charge < -0.3 is 5.32 Å². The van der Waals surface area contributed by atoms with Crippen molar-refractivity contribution in [2.75, 3.05) is 6.54 Å². The van der Waals surface area contributed by atoms with Crippen LogP contribution >= 0.6 is 0 Å². The molecule has 0 bridgehead atoms. The maximum atomic E-state index is 12.2. The number of amides is 1. The van der Waals surface area contributed by atoms with Crippen LogP contribution in [0.15, 0.2) is 18.2 Å². The molecule has 5 heteroatoms. The Morgan fingerprint density at radius 1 is 1.14 bits per heavy atom. The highest BCUT2D eigenvalue weighted by atomic mass is 16.1. The number of carbonyl (C=O) groups excluding carboxylic acids is 1. The lowest BCUT2D eigenvalue weighted by Crippen LogP contribution is -2.30. The molecule has 0 unspecified atom stereocenters. The molecule has 21 heavy (non-hydrogen) atoms. The Labute approximate surface area is 125 Å². The molecule has 2 heterocycles. The molecule has 1 N–H and O–H groups in total. The van der Waals surface area contributed by atoms with Gasteiger partial charge in [-0.05, 0) is 52.8 Å². The van der Waals surface area contributed by atoms with Gasteiger partial charge in [0.25, 0.3) is 5.91 Å². The van der Waals surface area contributed by atoms with E-state index in [1.54, 1.807) is 12.1 Å². The monoisotopic (exact) mass is 286 g/mol. The van der Waals surface area contributed by atoms with E-state index in [1.165, 1.54) is 0 Å². The van der Waals surface area contributed by atoms with E-state index >= 15 is 0 Å². The third kappa shape index (κ3) is 3.68. The predicted molar refractivity (Wildman–Crippen MR) is 82.5 cm³/mol. The van der Waals surface area contributed by atoms with Gasteiger partial charge in [0, 0.05) is 29.2 Å². The molecular weight excluding hydrogens is 264 g/mol. The van der Waals surface area contributed by atoms with Crippen LogP contribution in [-0.2, 0) is 0 Å². The van der Waals surface area contributed by atoms with Crippen molar-refractivity contribution in [1.82, 2.24) is 20.1 Å². The quantitative estimate of drug-likeness (QED) is 0.939. The second-order valence-electron chi connectivity index (χ2n) is 5.57. The Morgan fingerprint density at radius 3 is 2.29 bits per heavy atom. The summed E-state index contributed by atoms with van der Waals surface area (Å²) in [7, 11) is 0. The molecule has 0 spiro atoms. The van der Waals surface area contributed by atoms with Gasteiger partial charge in [0.1, 0.15) is 0 Å². The normalized spacial score (nSPS) is 12.2. The third-order valence-corrected chi connectivity index (χ3v) is 3.36. The lowest BCUT2D eigenvalue weighted by Gasteiger charge is -2.15. The molecular formula is C16H22N4O. The van der Waals surface area contributed by atoms with Crippen LogP contribution in [0.3, 0.4) is 0 Å². The summed E-state index contributed by atoms with van der Waals surface area (Å²) in [4.78, 5) is 16.5. The average molecular weight is 286 g/mol. The van der Waals surface area contributed by atoms with Crippen molar-refractivity contribution < 1.29 is 4.79 Å². The first-order valence-corrected chi connectivity index (χ1v) is 7.13. The smallest absolute Gasteiger partial charge is 0.251 e. The number of aromatic nitrogens is 3. The number of nitrogens with one attached hydrogen (secondary N) is 1. The van der Waals surface area contributed by atoms with E-state index in [0.717, 1.165) is 22.8 Å². The largest absolute Gasteiger partial charge is 0.350 e. The summed E-state index contributed by atoms with van der Waals surface area (Å²) in [5.41, 5.74) is 4.45. The Balaban J connectivity index is 2.02. The zero-order valence-electron chi connectivity index (χ0n) is 13.3. The van der Waals surface area contributed by atoms with E-state index in [0.29, 0.717) is 12.1 Å². The number of nitrogens with zero attached hydrogens (tertiary/aromatic N) is 3. The maximum absolute atomic E-state index is 12.2. The highest BCUT2D eigenvalue weighted by molar-refractivity contribution is 5.94. The van der Waals surface area contributed by atoms with Gasteiger partial charge in [0.2, 0.25) is 0 Å². The predicted octanol–water partition coefficient (Wildman–Crippen LogP) is 2.50. The highest BCUT2D eigenvalue weighted by Crippen LogP contribution is 2.10. The molecule has 0 radical (unpaired) electrons. The van der Waals surface area contributed by atoms with Crippen LogP contribution in [-0.4, -0.2) is 27.2 Å². The highest BCUT2D eigenvalue weighted by Gasteiger charge is 2.12. The molecule has 2 rings (SSSR count). The van der Waals surface area contributed by atoms with E-state index < -0.39 is 0 Å². The molecule has 0 saturated carbocycles. The first-order valence-electron chi connectivity index (χ1n) is 7.13. The van der Waals surface area contributed by atoms with E-state index in [-0.39, 0.29) is 11.9 Å². The van der Waals surface area contributed by atoms with E-state index in [9.17, 15) is 4.79 Å². The number of aryl methyl sites for hydroxylation is 4. The van der Waals surface area contributed by atoms with Crippen LogP contribution < -0.4 is 5.32 Å². The first kappa shape index (κ1) is 15.2. The van der Waals surface area contributed by atoms with E-state index in [1.807, 2.05) is 45.4 Å². The summed E-state index contributed by atoms with van der Waals surface area (Å²) >= 11 is 0. The van der Waals surface area contributed by atoms with Crippen molar-refractivity contribution in [2.24, 2.45) is 0 Å². The Hall–Kier alpha value is -2.17. The van der Waals surface area contributed by atoms with Gasteiger partial charge in [-0.3, -0.25) is 14.5 Å². The standard InChI is InChI=1S/C16H22N4O/c1-10-7-15(8-11(2)18-10)16(21)17-9-14(5)20-13(4)6-12(3)19-20/h6-8,14H,9H2,1-5H3,(H,17,21)/t14-/m0/s1. The summed E-state index contributed by atoms with van der Waals surface area (Å²) in [6.07, 6.45) is 0. The molecule has 112 valence electrons. The SMILES string of the molecule is Cc1cc(C(=O)NC[C@H](C)n2nc(C)cc2C)cc(C)n1. The van der Waals surface area contributed by atoms with Crippen LogP contribution in [0.4, 0.5) is 0 Å². The van der Waals surface area contributed by atoms with Gasteiger partial charge in [0.05, 0.1) is 11.7 Å². The third-order valence-electron chi connectivity index (χ3n) is 3.36. The molecule has 0 aliphatic heterocycles. The number of hydrogen-bond acceptors (Lipinski definition) is 3. The van der Waals surface area contributed by atoms with Gasteiger partial charge in [0.15, 0.2) is 0 Å². The van der Waals surface area contributed by atoms with Crippen molar-refractivity contribution in [3.05, 3.63) is 46.5 Å². The molecule has 5 nitrogen and oxygen atoms in total. The molecule has 1 atom stereocenters. The fourth-order valence-corrected chi connectivity index (χ4v) is 2.49. The summed E-state index contributed by atoms with van der Waals surface area (Å²) in [5, 5.41) is 7.41. The molecule has 0 aromatic carbocycles. The lowest BCUT2D eigenvalue weighted by molar-refractivity contribution is 0.0947. The fourth-order valence-electron chi connectivity index (χ4n) is 2.49. The average Bonchev–Trinajstić information content (AvgIpc) is 2.73. The number of hydrogen-bond donors (Lipinski definition) is 1. The summed E-state index contributed by atoms with van der Waals surface area (Å²) in [5.74, 6) is -0.0722. The van der Waals surface area contributed by atoms with Crippen LogP contribution in [0.5, 0.6) is 0 Å². The second kappa shape index (κ2) is 6.08. The molecule has 1 amide bonds. The number of pyridine rings is 1. The lowest BCUT2D eigenvalue weighted by atomic mass is 10.2. The fraction of sp³-hybridized carbons (Fsp3) is 0.438. The summed E-state index contributed by atoms with van der Waals surface area (Å²) in [6.45, 7) is 10.4. The molecule has 2 aromatic heterocycles. The van der Waals surface area contributed by atoms with Crippen molar-refractivity contribution in [3.63, 3.8) is 0 Å². The van der Waals surface area contributed by atoms with Gasteiger partial charge in [-0.2, -0.15) is 5.10 Å². The van der Waals surface area contributed by atoms with E-state index in [2.05, 4.69) is 15.4 Å². The summed E-state index contributed by atoms with van der Waals surface area (Å²) < 4.78 is 1.94. The van der Waals surface area contributed by atoms with Crippen LogP contribution in [0.25, 0.3) is 0 Å². The van der Waals surface area contributed by atoms with Gasteiger partial charge in [-0.15, -0.1) is 0 Å². The first-order chi connectivity index (χ1) is 9.86. The minimum Gasteiger partial charge on any atom is -0.350 e. The maximum Gasteiger partial charge on any atom is 0.251 e. The number of carbonyl (C=O) groups is 1. The van der Waals surface area contributed by atoms with Gasteiger partial charge in [-0.25, -0.2) is 0 Å². The van der Waals surface area contributed by atoms with Crippen molar-refractivity contribution in [2.45, 2.75) is 40.7 Å². The van der Waals surface area contributed by atoms with Crippen LogP contribution in [0.1, 0.15) is 46.1 Å². The Bertz CT molecular complexity index is 640. The molecule has 0 fully saturated rings. The van der Waals surface area contributed by atoms with Gasteiger partial charge in [-0.1, -0.05) is 0 Å². The number of rotatable bonds is 4. The van der Waals surface area contributed by atoms with Gasteiger partial charge >= 0.3 is 0 Å². The van der Waals surface area contributed by atoms with Crippen molar-refractivity contribution in [3.8, 4) is 0 Å². The topological polar surface area (TPSA) is 59.8 Å². The minimum atomic E-state index is -0.0722. The minimum absolute atomic E-state index is 0.0722. The van der Waals surface area contributed by atoms with Crippen LogP contribution in [0.2, 0.25) is 0 Å². The zero-order valence-corrected chi connectivity index (χ0v) is 13.3. The molecule has 2 aromatic rings. The zero-order chi connectivity index (χ0) is 15.6. The van der Waals surface area contributed by atoms with Crippen molar-refractivity contribution in [1.29, 1.82) is 0 Å². The second-order valence-corrected chi connectivity index (χ2v) is 5.57. The molecule has 0 saturated heterocycles. The Kier molecular flexibility index (Phi) is 4.40. The van der Waals surface area contributed by atoms with E-state index in [4.69, 9.17) is 0 Å². The molecule has 0 aliphatic carbocycles. The van der Waals surface area contributed by atoms with Crippen LogP contribution in [0, 0.1) is 27.7 Å².